The van der Waals surface area contributed by atoms with E-state index in [0.29, 0.717) is 12.2 Å². The summed E-state index contributed by atoms with van der Waals surface area (Å²) < 4.78 is 40.4. The highest BCUT2D eigenvalue weighted by Gasteiger charge is 2.34. The molecule has 0 aliphatic heterocycles. The van der Waals surface area contributed by atoms with Crippen molar-refractivity contribution >= 4 is 0 Å². The number of rotatable bonds is 2. The van der Waals surface area contributed by atoms with Crippen molar-refractivity contribution in [3.05, 3.63) is 23.7 Å². The maximum Gasteiger partial charge on any atom is 0.449 e. The van der Waals surface area contributed by atoms with Crippen LogP contribution in [0.25, 0.3) is 0 Å². The summed E-state index contributed by atoms with van der Waals surface area (Å²) >= 11 is 0. The minimum atomic E-state index is -4.36. The van der Waals surface area contributed by atoms with Crippen molar-refractivity contribution in [2.75, 3.05) is 0 Å². The van der Waals surface area contributed by atoms with Crippen LogP contribution in [0.3, 0.4) is 0 Å². The lowest BCUT2D eigenvalue weighted by atomic mass is 10.3. The molecule has 12 heavy (non-hydrogen) atoms. The van der Waals surface area contributed by atoms with Gasteiger partial charge in [-0.1, -0.05) is 6.92 Å². The smallest absolute Gasteiger partial charge is 0.449 e. The Bertz CT molecular complexity index is 249. The zero-order valence-electron chi connectivity index (χ0n) is 6.61. The summed E-state index contributed by atoms with van der Waals surface area (Å²) in [6.07, 6.45) is -3.02. The first-order valence-corrected chi connectivity index (χ1v) is 3.70. The molecule has 0 atom stereocenters. The third kappa shape index (κ3) is 2.03. The second-order valence-corrected chi connectivity index (χ2v) is 2.51. The molecule has 0 amide bonds. The first kappa shape index (κ1) is 9.16. The lowest BCUT2D eigenvalue weighted by Crippen LogP contribution is -2.02. The lowest BCUT2D eigenvalue weighted by molar-refractivity contribution is -0.153. The van der Waals surface area contributed by atoms with Crippen LogP contribution in [-0.2, 0) is 12.6 Å². The maximum absolute atomic E-state index is 11.9. The molecule has 1 aromatic rings. The van der Waals surface area contributed by atoms with Gasteiger partial charge in [0, 0.05) is 6.42 Å². The van der Waals surface area contributed by atoms with Crippen LogP contribution in [0, 0.1) is 0 Å². The summed E-state index contributed by atoms with van der Waals surface area (Å²) in [6, 6.07) is 2.33. The van der Waals surface area contributed by atoms with Crippen LogP contribution in [0.15, 0.2) is 16.5 Å². The monoisotopic (exact) mass is 178 g/mol. The average molecular weight is 178 g/mol. The van der Waals surface area contributed by atoms with Crippen LogP contribution in [0.4, 0.5) is 13.2 Å². The van der Waals surface area contributed by atoms with Crippen molar-refractivity contribution in [1.82, 2.24) is 0 Å². The molecule has 1 rings (SSSR count). The van der Waals surface area contributed by atoms with Crippen LogP contribution < -0.4 is 0 Å². The molecule has 0 bridgehead atoms. The van der Waals surface area contributed by atoms with Gasteiger partial charge in [0.1, 0.15) is 5.76 Å². The first-order chi connectivity index (χ1) is 5.54. The summed E-state index contributed by atoms with van der Waals surface area (Å²) in [7, 11) is 0. The topological polar surface area (TPSA) is 13.1 Å². The molecule has 1 nitrogen and oxygen atoms in total. The molecule has 0 fully saturated rings. The number of alkyl halides is 3. The number of furan rings is 1. The van der Waals surface area contributed by atoms with Crippen LogP contribution in [-0.4, -0.2) is 0 Å². The Kier molecular flexibility index (Phi) is 2.45. The lowest BCUT2D eigenvalue weighted by Gasteiger charge is -2.00. The van der Waals surface area contributed by atoms with Crippen molar-refractivity contribution in [2.24, 2.45) is 0 Å². The van der Waals surface area contributed by atoms with Crippen molar-refractivity contribution in [1.29, 1.82) is 0 Å². The van der Waals surface area contributed by atoms with Gasteiger partial charge in [0.25, 0.3) is 0 Å². The van der Waals surface area contributed by atoms with Crippen molar-refractivity contribution in [2.45, 2.75) is 25.9 Å². The second-order valence-electron chi connectivity index (χ2n) is 2.51. The van der Waals surface area contributed by atoms with E-state index in [2.05, 4.69) is 4.42 Å². The quantitative estimate of drug-likeness (QED) is 0.677. The van der Waals surface area contributed by atoms with Gasteiger partial charge in [-0.2, -0.15) is 13.2 Å². The van der Waals surface area contributed by atoms with Crippen molar-refractivity contribution in [3.63, 3.8) is 0 Å². The Morgan fingerprint density at radius 2 is 2.00 bits per heavy atom. The van der Waals surface area contributed by atoms with E-state index >= 15 is 0 Å². The molecule has 68 valence electrons. The fraction of sp³-hybridized carbons (Fsp3) is 0.500. The Morgan fingerprint density at radius 1 is 1.33 bits per heavy atom. The van der Waals surface area contributed by atoms with E-state index in [1.54, 1.807) is 0 Å². The summed E-state index contributed by atoms with van der Waals surface area (Å²) in [5.74, 6) is -0.518. The molecular weight excluding hydrogens is 169 g/mol. The minimum Gasteiger partial charge on any atom is -0.457 e. The Labute approximate surface area is 68.2 Å². The van der Waals surface area contributed by atoms with Gasteiger partial charge in [-0.05, 0) is 18.6 Å². The number of hydrogen-bond donors (Lipinski definition) is 0. The van der Waals surface area contributed by atoms with Gasteiger partial charge in [-0.15, -0.1) is 0 Å². The Morgan fingerprint density at radius 3 is 2.42 bits per heavy atom. The molecule has 0 aliphatic rings. The van der Waals surface area contributed by atoms with E-state index in [1.807, 2.05) is 6.92 Å². The van der Waals surface area contributed by atoms with Gasteiger partial charge >= 0.3 is 6.18 Å². The zero-order valence-corrected chi connectivity index (χ0v) is 6.61. The third-order valence-electron chi connectivity index (χ3n) is 1.44. The van der Waals surface area contributed by atoms with Crippen LogP contribution in [0.5, 0.6) is 0 Å². The molecule has 0 unspecified atom stereocenters. The molecular formula is C8H9F3O. The molecule has 0 spiro atoms. The molecule has 0 saturated heterocycles. The fourth-order valence-electron chi connectivity index (χ4n) is 0.911. The van der Waals surface area contributed by atoms with Gasteiger partial charge in [0.05, 0.1) is 0 Å². The number of aryl methyl sites for hydroxylation is 1. The SMILES string of the molecule is CCCc1ccc(C(F)(F)F)o1. The van der Waals surface area contributed by atoms with Crippen LogP contribution >= 0.6 is 0 Å². The van der Waals surface area contributed by atoms with Gasteiger partial charge in [0.2, 0.25) is 5.76 Å². The van der Waals surface area contributed by atoms with Gasteiger partial charge in [0.15, 0.2) is 0 Å². The van der Waals surface area contributed by atoms with Gasteiger partial charge < -0.3 is 4.42 Å². The Hall–Kier alpha value is -0.930. The highest BCUT2D eigenvalue weighted by molar-refractivity contribution is 5.09. The van der Waals surface area contributed by atoms with Gasteiger partial charge in [-0.25, -0.2) is 0 Å². The van der Waals surface area contributed by atoms with E-state index in [0.717, 1.165) is 12.5 Å². The summed E-state index contributed by atoms with van der Waals surface area (Å²) in [5, 5.41) is 0. The van der Waals surface area contributed by atoms with E-state index in [9.17, 15) is 13.2 Å². The normalized spacial score (nSPS) is 12.0. The predicted octanol–water partition coefficient (Wildman–Crippen LogP) is 3.25. The molecule has 0 saturated carbocycles. The number of halogens is 3. The maximum atomic E-state index is 11.9. The Balaban J connectivity index is 2.77. The molecule has 4 heteroatoms. The van der Waals surface area contributed by atoms with E-state index in [-0.39, 0.29) is 0 Å². The predicted molar refractivity (Wildman–Crippen MR) is 37.7 cm³/mol. The fourth-order valence-corrected chi connectivity index (χ4v) is 0.911. The minimum absolute atomic E-state index is 0.393. The largest absolute Gasteiger partial charge is 0.457 e. The summed E-state index contributed by atoms with van der Waals surface area (Å²) in [4.78, 5) is 0. The van der Waals surface area contributed by atoms with Crippen LogP contribution in [0.2, 0.25) is 0 Å². The zero-order chi connectivity index (χ0) is 9.19. The average Bonchev–Trinajstić information content (AvgIpc) is 2.35. The molecule has 1 aromatic heterocycles. The van der Waals surface area contributed by atoms with Gasteiger partial charge in [-0.3, -0.25) is 0 Å². The standard InChI is InChI=1S/C8H9F3O/c1-2-3-6-4-5-7(12-6)8(9,10)11/h4-5H,2-3H2,1H3. The van der Waals surface area contributed by atoms with Crippen molar-refractivity contribution < 1.29 is 17.6 Å². The number of hydrogen-bond acceptors (Lipinski definition) is 1. The molecule has 0 aromatic carbocycles. The summed E-state index contributed by atoms with van der Waals surface area (Å²) in [5.41, 5.74) is 0. The highest BCUT2D eigenvalue weighted by Crippen LogP contribution is 2.30. The second kappa shape index (κ2) is 3.21. The summed E-state index contributed by atoms with van der Waals surface area (Å²) in [6.45, 7) is 1.88. The molecule has 0 aliphatic carbocycles. The first-order valence-electron chi connectivity index (χ1n) is 3.70. The highest BCUT2D eigenvalue weighted by atomic mass is 19.4. The molecule has 0 N–H and O–H groups in total. The van der Waals surface area contributed by atoms with Crippen LogP contribution in [0.1, 0.15) is 24.9 Å². The molecule has 1 heterocycles. The van der Waals surface area contributed by atoms with E-state index in [1.165, 1.54) is 6.07 Å². The van der Waals surface area contributed by atoms with E-state index < -0.39 is 11.9 Å². The van der Waals surface area contributed by atoms with E-state index in [4.69, 9.17) is 0 Å². The van der Waals surface area contributed by atoms with Crippen molar-refractivity contribution in [3.8, 4) is 0 Å². The molecule has 0 radical (unpaired) electrons. The third-order valence-corrected chi connectivity index (χ3v) is 1.44.